The van der Waals surface area contributed by atoms with Gasteiger partial charge in [0.2, 0.25) is 10.0 Å². The van der Waals surface area contributed by atoms with Crippen LogP contribution in [-0.4, -0.2) is 20.4 Å². The molecule has 1 amide bonds. The smallest absolute Gasteiger partial charge is 0.254 e. The van der Waals surface area contributed by atoms with Crippen molar-refractivity contribution in [2.75, 3.05) is 0 Å². The number of nitrogens with two attached hydrogens (primary N) is 1. The molecule has 0 aliphatic heterocycles. The largest absolute Gasteiger partial charge is 0.349 e. The van der Waals surface area contributed by atoms with E-state index in [9.17, 15) is 17.6 Å². The summed E-state index contributed by atoms with van der Waals surface area (Å²) in [5.74, 6) is -0.750. The molecule has 21 heavy (non-hydrogen) atoms. The summed E-state index contributed by atoms with van der Waals surface area (Å²) in [6.45, 7) is 2.17. The van der Waals surface area contributed by atoms with Crippen molar-refractivity contribution in [3.8, 4) is 0 Å². The Hall–Kier alpha value is -1.47. The Morgan fingerprint density at radius 1 is 1.29 bits per heavy atom. The lowest BCUT2D eigenvalue weighted by atomic mass is 9.87. The first kappa shape index (κ1) is 15.9. The van der Waals surface area contributed by atoms with Gasteiger partial charge in [0, 0.05) is 6.04 Å². The van der Waals surface area contributed by atoms with Crippen molar-refractivity contribution in [2.45, 2.75) is 43.5 Å². The van der Waals surface area contributed by atoms with Gasteiger partial charge in [0.05, 0.1) is 10.5 Å². The van der Waals surface area contributed by atoms with Crippen LogP contribution in [0.5, 0.6) is 0 Å². The van der Waals surface area contributed by atoms with Gasteiger partial charge in [-0.25, -0.2) is 17.9 Å². The summed E-state index contributed by atoms with van der Waals surface area (Å²) in [5.41, 5.74) is -0.166. The number of benzene rings is 1. The molecule has 0 radical (unpaired) electrons. The number of primary sulfonamides is 1. The molecule has 0 spiro atoms. The third-order valence-electron chi connectivity index (χ3n) is 3.86. The molecule has 0 saturated heterocycles. The van der Waals surface area contributed by atoms with Crippen molar-refractivity contribution in [2.24, 2.45) is 11.1 Å². The number of hydrogen-bond acceptors (Lipinski definition) is 3. The predicted octanol–water partition coefficient (Wildman–Crippen LogP) is 1.78. The lowest BCUT2D eigenvalue weighted by molar-refractivity contribution is 0.0918. The Kier molecular flexibility index (Phi) is 4.63. The maximum absolute atomic E-state index is 13.9. The minimum absolute atomic E-state index is 0.0472. The summed E-state index contributed by atoms with van der Waals surface area (Å²) in [7, 11) is -3.97. The molecule has 7 heteroatoms. The fourth-order valence-electron chi connectivity index (χ4n) is 2.52. The summed E-state index contributed by atoms with van der Waals surface area (Å²) < 4.78 is 36.1. The molecule has 1 fully saturated rings. The Morgan fingerprint density at radius 2 is 1.90 bits per heavy atom. The first-order valence-corrected chi connectivity index (χ1v) is 8.45. The fraction of sp³-hybridized carbons (Fsp3) is 0.500. The van der Waals surface area contributed by atoms with E-state index >= 15 is 0 Å². The fourth-order valence-corrected chi connectivity index (χ4v) is 3.05. The van der Waals surface area contributed by atoms with Crippen molar-refractivity contribution in [1.82, 2.24) is 5.32 Å². The van der Waals surface area contributed by atoms with Crippen LogP contribution in [0.25, 0.3) is 0 Å². The molecule has 0 heterocycles. The van der Waals surface area contributed by atoms with Crippen LogP contribution in [0.3, 0.4) is 0 Å². The van der Waals surface area contributed by atoms with E-state index in [1.807, 2.05) is 0 Å². The average molecular weight is 314 g/mol. The Labute approximate surface area is 123 Å². The van der Waals surface area contributed by atoms with Gasteiger partial charge in [-0.3, -0.25) is 4.79 Å². The zero-order valence-corrected chi connectivity index (χ0v) is 12.6. The van der Waals surface area contributed by atoms with Gasteiger partial charge in [-0.15, -0.1) is 0 Å². The first-order valence-electron chi connectivity index (χ1n) is 6.90. The van der Waals surface area contributed by atoms with Crippen molar-refractivity contribution >= 4 is 15.9 Å². The SMILES string of the molecule is CC1CCC(NC(=O)c2ccc(S(N)(=O)=O)cc2F)CC1. The summed E-state index contributed by atoms with van der Waals surface area (Å²) in [6, 6.07) is 3.10. The molecule has 2 rings (SSSR count). The number of nitrogens with one attached hydrogen (secondary N) is 1. The summed E-state index contributed by atoms with van der Waals surface area (Å²) in [4.78, 5) is 11.7. The third kappa shape index (κ3) is 4.01. The van der Waals surface area contributed by atoms with Crippen molar-refractivity contribution < 1.29 is 17.6 Å². The maximum atomic E-state index is 13.9. The molecular formula is C14H19FN2O3S. The molecule has 1 saturated carbocycles. The number of halogens is 1. The monoisotopic (exact) mass is 314 g/mol. The van der Waals surface area contributed by atoms with Crippen LogP contribution < -0.4 is 10.5 Å². The van der Waals surface area contributed by atoms with E-state index in [4.69, 9.17) is 5.14 Å². The first-order chi connectivity index (χ1) is 9.77. The number of carbonyl (C=O) groups is 1. The highest BCUT2D eigenvalue weighted by molar-refractivity contribution is 7.89. The third-order valence-corrected chi connectivity index (χ3v) is 4.78. The zero-order valence-electron chi connectivity index (χ0n) is 11.8. The quantitative estimate of drug-likeness (QED) is 0.891. The second-order valence-electron chi connectivity index (χ2n) is 5.62. The Morgan fingerprint density at radius 3 is 2.43 bits per heavy atom. The van der Waals surface area contributed by atoms with E-state index in [2.05, 4.69) is 12.2 Å². The topological polar surface area (TPSA) is 89.3 Å². The molecule has 5 nitrogen and oxygen atoms in total. The molecule has 0 unspecified atom stereocenters. The summed E-state index contributed by atoms with van der Waals surface area (Å²) in [5, 5.41) is 7.71. The molecule has 116 valence electrons. The Bertz CT molecular complexity index is 638. The molecule has 3 N–H and O–H groups in total. The van der Waals surface area contributed by atoms with Crippen LogP contribution >= 0.6 is 0 Å². The summed E-state index contributed by atoms with van der Waals surface area (Å²) >= 11 is 0. The van der Waals surface area contributed by atoms with Gasteiger partial charge in [0.25, 0.3) is 5.91 Å². The number of amides is 1. The van der Waals surface area contributed by atoms with Gasteiger partial charge in [0.15, 0.2) is 0 Å². The average Bonchev–Trinajstić information content (AvgIpc) is 2.40. The van der Waals surface area contributed by atoms with Gasteiger partial charge in [-0.05, 0) is 49.8 Å². The number of sulfonamides is 1. The van der Waals surface area contributed by atoms with Crippen LogP contribution in [0, 0.1) is 11.7 Å². The number of rotatable bonds is 3. The van der Waals surface area contributed by atoms with Crippen molar-refractivity contribution in [1.29, 1.82) is 0 Å². The van der Waals surface area contributed by atoms with E-state index < -0.39 is 21.7 Å². The van der Waals surface area contributed by atoms with Gasteiger partial charge in [-0.2, -0.15) is 0 Å². The second-order valence-corrected chi connectivity index (χ2v) is 7.18. The molecule has 1 aliphatic rings. The van der Waals surface area contributed by atoms with Gasteiger partial charge in [-0.1, -0.05) is 6.92 Å². The van der Waals surface area contributed by atoms with Crippen LogP contribution in [0.15, 0.2) is 23.1 Å². The maximum Gasteiger partial charge on any atom is 0.254 e. The standard InChI is InChI=1S/C14H19FN2O3S/c1-9-2-4-10(5-3-9)17-14(18)12-7-6-11(8-13(12)15)21(16,19)20/h6-10H,2-5H2,1H3,(H,17,18)(H2,16,19,20). The van der Waals surface area contributed by atoms with E-state index in [0.29, 0.717) is 5.92 Å². The molecule has 0 aromatic heterocycles. The van der Waals surface area contributed by atoms with Crippen LogP contribution in [-0.2, 0) is 10.0 Å². The van der Waals surface area contributed by atoms with Crippen molar-refractivity contribution in [3.05, 3.63) is 29.6 Å². The van der Waals surface area contributed by atoms with Crippen LogP contribution in [0.4, 0.5) is 4.39 Å². The summed E-state index contributed by atoms with van der Waals surface area (Å²) in [6.07, 6.45) is 3.84. The van der Waals surface area contributed by atoms with E-state index in [1.54, 1.807) is 0 Å². The number of hydrogen-bond donors (Lipinski definition) is 2. The van der Waals surface area contributed by atoms with E-state index in [1.165, 1.54) is 0 Å². The predicted molar refractivity (Wildman–Crippen MR) is 76.7 cm³/mol. The molecule has 1 aliphatic carbocycles. The second kappa shape index (κ2) is 6.11. The van der Waals surface area contributed by atoms with E-state index in [0.717, 1.165) is 43.9 Å². The molecule has 0 bridgehead atoms. The normalized spacial score (nSPS) is 22.8. The Balaban J connectivity index is 2.09. The van der Waals surface area contributed by atoms with E-state index in [-0.39, 0.29) is 16.5 Å². The zero-order chi connectivity index (χ0) is 15.6. The molecular weight excluding hydrogens is 295 g/mol. The minimum Gasteiger partial charge on any atom is -0.349 e. The lowest BCUT2D eigenvalue weighted by Gasteiger charge is -2.26. The van der Waals surface area contributed by atoms with Gasteiger partial charge >= 0.3 is 0 Å². The molecule has 1 aromatic carbocycles. The van der Waals surface area contributed by atoms with Crippen LogP contribution in [0.1, 0.15) is 43.0 Å². The lowest BCUT2D eigenvalue weighted by Crippen LogP contribution is -2.37. The van der Waals surface area contributed by atoms with Gasteiger partial charge < -0.3 is 5.32 Å². The molecule has 0 atom stereocenters. The highest BCUT2D eigenvalue weighted by Crippen LogP contribution is 2.24. The minimum atomic E-state index is -3.97. The highest BCUT2D eigenvalue weighted by Gasteiger charge is 2.22. The highest BCUT2D eigenvalue weighted by atomic mass is 32.2. The molecule has 1 aromatic rings. The van der Waals surface area contributed by atoms with Crippen LogP contribution in [0.2, 0.25) is 0 Å². The van der Waals surface area contributed by atoms with Crippen molar-refractivity contribution in [3.63, 3.8) is 0 Å². The number of carbonyl (C=O) groups excluding carboxylic acids is 1. The van der Waals surface area contributed by atoms with Gasteiger partial charge in [0.1, 0.15) is 5.82 Å².